The number of carbonyl (C=O) groups is 2. The molecule has 2 aliphatic rings. The second-order valence-corrected chi connectivity index (χ2v) is 7.86. The van der Waals surface area contributed by atoms with Gasteiger partial charge in [0.25, 0.3) is 5.91 Å². The van der Waals surface area contributed by atoms with Crippen LogP contribution in [0.1, 0.15) is 31.4 Å². The highest BCUT2D eigenvalue weighted by Crippen LogP contribution is 2.17. The van der Waals surface area contributed by atoms with Gasteiger partial charge in [-0.05, 0) is 37.5 Å². The Kier molecular flexibility index (Phi) is 6.67. The first-order valence-corrected chi connectivity index (χ1v) is 10.00. The van der Waals surface area contributed by atoms with E-state index in [2.05, 4.69) is 26.1 Å². The minimum Gasteiger partial charge on any atom is -0.368 e. The van der Waals surface area contributed by atoms with Gasteiger partial charge in [-0.1, -0.05) is 28.1 Å². The lowest BCUT2D eigenvalue weighted by molar-refractivity contribution is -0.142. The lowest BCUT2D eigenvalue weighted by Gasteiger charge is -2.35. The smallest absolute Gasteiger partial charge is 0.251 e. The van der Waals surface area contributed by atoms with Gasteiger partial charge in [0.15, 0.2) is 0 Å². The molecule has 1 aromatic carbocycles. The molecular weight excluding hydrogens is 398 g/mol. The van der Waals surface area contributed by atoms with E-state index in [0.29, 0.717) is 26.2 Å². The molecule has 3 rings (SSSR count). The van der Waals surface area contributed by atoms with Gasteiger partial charge in [-0.2, -0.15) is 0 Å². The number of hydrogen-bond acceptors (Lipinski definition) is 4. The molecule has 2 atom stereocenters. The van der Waals surface area contributed by atoms with Crippen molar-refractivity contribution in [3.05, 3.63) is 34.3 Å². The van der Waals surface area contributed by atoms with Crippen LogP contribution < -0.4 is 5.32 Å². The Morgan fingerprint density at radius 3 is 2.54 bits per heavy atom. The van der Waals surface area contributed by atoms with Crippen LogP contribution in [0.4, 0.5) is 0 Å². The molecule has 0 bridgehead atoms. The quantitative estimate of drug-likeness (QED) is 0.785. The monoisotopic (exact) mass is 423 g/mol. The number of benzene rings is 1. The highest BCUT2D eigenvalue weighted by atomic mass is 79.9. The fraction of sp³-hybridized carbons (Fsp3) is 0.579. The van der Waals surface area contributed by atoms with Crippen molar-refractivity contribution in [1.82, 2.24) is 15.1 Å². The van der Waals surface area contributed by atoms with Crippen LogP contribution in [0, 0.1) is 0 Å². The summed E-state index contributed by atoms with van der Waals surface area (Å²) in [6, 6.07) is 7.93. The van der Waals surface area contributed by atoms with Gasteiger partial charge in [0.1, 0.15) is 6.10 Å². The number of nitrogens with one attached hydrogen (secondary N) is 1. The maximum absolute atomic E-state index is 12.4. The van der Waals surface area contributed by atoms with E-state index < -0.39 is 0 Å². The molecule has 0 saturated carbocycles. The Hall–Kier alpha value is -1.44. The maximum atomic E-state index is 12.4. The first-order chi connectivity index (χ1) is 12.5. The van der Waals surface area contributed by atoms with Gasteiger partial charge in [0.05, 0.1) is 12.6 Å². The summed E-state index contributed by atoms with van der Waals surface area (Å²) >= 11 is 3.42. The summed E-state index contributed by atoms with van der Waals surface area (Å²) in [4.78, 5) is 28.6. The summed E-state index contributed by atoms with van der Waals surface area (Å²) in [6.45, 7) is 5.80. The van der Waals surface area contributed by atoms with Crippen LogP contribution in [0.3, 0.4) is 0 Å². The van der Waals surface area contributed by atoms with Crippen molar-refractivity contribution in [3.63, 3.8) is 0 Å². The molecule has 2 fully saturated rings. The number of amides is 2. The van der Waals surface area contributed by atoms with Gasteiger partial charge in [0.2, 0.25) is 5.91 Å². The van der Waals surface area contributed by atoms with Crippen LogP contribution in [0.5, 0.6) is 0 Å². The molecule has 1 aromatic rings. The van der Waals surface area contributed by atoms with E-state index in [1.165, 1.54) is 0 Å². The Morgan fingerprint density at radius 2 is 1.92 bits per heavy atom. The molecule has 2 saturated heterocycles. The highest BCUT2D eigenvalue weighted by Gasteiger charge is 2.30. The van der Waals surface area contributed by atoms with Crippen LogP contribution >= 0.6 is 15.9 Å². The number of ether oxygens (including phenoxy) is 1. The third kappa shape index (κ3) is 5.05. The number of piperazine rings is 1. The molecule has 0 aromatic heterocycles. The SMILES string of the molecule is CC(NC(=O)CN1CCN(C(=O)C2CCCO2)CC1)c1ccc(Br)cc1. The van der Waals surface area contributed by atoms with Crippen molar-refractivity contribution in [3.8, 4) is 0 Å². The lowest BCUT2D eigenvalue weighted by Crippen LogP contribution is -2.53. The molecule has 1 N–H and O–H groups in total. The molecule has 0 radical (unpaired) electrons. The van der Waals surface area contributed by atoms with Crippen molar-refractivity contribution in [2.45, 2.75) is 31.9 Å². The van der Waals surface area contributed by atoms with Crippen molar-refractivity contribution in [2.24, 2.45) is 0 Å². The number of rotatable bonds is 5. The molecule has 2 heterocycles. The Morgan fingerprint density at radius 1 is 1.23 bits per heavy atom. The Bertz CT molecular complexity index is 623. The second-order valence-electron chi connectivity index (χ2n) is 6.94. The summed E-state index contributed by atoms with van der Waals surface area (Å²) in [5.41, 5.74) is 1.08. The van der Waals surface area contributed by atoms with Crippen LogP contribution in [-0.2, 0) is 14.3 Å². The first kappa shape index (κ1) is 19.3. The Labute approximate surface area is 163 Å². The van der Waals surface area contributed by atoms with Gasteiger partial charge >= 0.3 is 0 Å². The summed E-state index contributed by atoms with van der Waals surface area (Å²) < 4.78 is 6.50. The molecule has 6 nitrogen and oxygen atoms in total. The van der Waals surface area contributed by atoms with Gasteiger partial charge in [-0.25, -0.2) is 0 Å². The normalized spacial score (nSPS) is 22.2. The molecule has 2 unspecified atom stereocenters. The van der Waals surface area contributed by atoms with Crippen LogP contribution in [0.15, 0.2) is 28.7 Å². The van der Waals surface area contributed by atoms with Crippen LogP contribution in [-0.4, -0.2) is 67.0 Å². The molecule has 2 aliphatic heterocycles. The van der Waals surface area contributed by atoms with Gasteiger partial charge in [0, 0.05) is 37.3 Å². The van der Waals surface area contributed by atoms with Crippen LogP contribution in [0.2, 0.25) is 0 Å². The van der Waals surface area contributed by atoms with E-state index in [9.17, 15) is 9.59 Å². The third-order valence-electron chi connectivity index (χ3n) is 5.00. The van der Waals surface area contributed by atoms with E-state index in [4.69, 9.17) is 4.74 Å². The fourth-order valence-corrected chi connectivity index (χ4v) is 3.69. The molecule has 0 spiro atoms. The van der Waals surface area contributed by atoms with Gasteiger partial charge in [-0.3, -0.25) is 14.5 Å². The molecule has 0 aliphatic carbocycles. The molecule has 7 heteroatoms. The van der Waals surface area contributed by atoms with Crippen molar-refractivity contribution < 1.29 is 14.3 Å². The number of nitrogens with zero attached hydrogens (tertiary/aromatic N) is 2. The third-order valence-corrected chi connectivity index (χ3v) is 5.53. The van der Waals surface area contributed by atoms with Gasteiger partial charge < -0.3 is 15.0 Å². The molecular formula is C19H26BrN3O3. The van der Waals surface area contributed by atoms with E-state index in [0.717, 1.165) is 36.0 Å². The predicted molar refractivity (Wildman–Crippen MR) is 103 cm³/mol. The summed E-state index contributed by atoms with van der Waals surface area (Å²) in [6.07, 6.45) is 1.54. The highest BCUT2D eigenvalue weighted by molar-refractivity contribution is 9.10. The zero-order valence-corrected chi connectivity index (χ0v) is 16.7. The standard InChI is InChI=1S/C19H26BrN3O3/c1-14(15-4-6-16(20)7-5-15)21-18(24)13-22-8-10-23(11-9-22)19(25)17-3-2-12-26-17/h4-7,14,17H,2-3,8-13H2,1H3,(H,21,24). The minimum atomic E-state index is -0.253. The number of hydrogen-bond donors (Lipinski definition) is 1. The fourth-order valence-electron chi connectivity index (χ4n) is 3.43. The zero-order valence-electron chi connectivity index (χ0n) is 15.1. The zero-order chi connectivity index (χ0) is 18.5. The largest absolute Gasteiger partial charge is 0.368 e. The Balaban J connectivity index is 1.41. The summed E-state index contributed by atoms with van der Waals surface area (Å²) in [5, 5.41) is 3.05. The van der Waals surface area contributed by atoms with E-state index in [1.54, 1.807) is 0 Å². The lowest BCUT2D eigenvalue weighted by atomic mass is 10.1. The van der Waals surface area contributed by atoms with Gasteiger partial charge in [-0.15, -0.1) is 0 Å². The van der Waals surface area contributed by atoms with Crippen LogP contribution in [0.25, 0.3) is 0 Å². The van der Waals surface area contributed by atoms with E-state index in [-0.39, 0.29) is 24.0 Å². The second kappa shape index (κ2) is 8.97. The minimum absolute atomic E-state index is 0.0133. The average molecular weight is 424 g/mol. The van der Waals surface area contributed by atoms with E-state index >= 15 is 0 Å². The average Bonchev–Trinajstić information content (AvgIpc) is 3.17. The van der Waals surface area contributed by atoms with Crippen molar-refractivity contribution in [1.29, 1.82) is 0 Å². The maximum Gasteiger partial charge on any atom is 0.251 e. The molecule has 2 amide bonds. The van der Waals surface area contributed by atoms with E-state index in [1.807, 2.05) is 36.1 Å². The number of halogens is 1. The first-order valence-electron chi connectivity index (χ1n) is 9.20. The topological polar surface area (TPSA) is 61.9 Å². The molecule has 26 heavy (non-hydrogen) atoms. The van der Waals surface area contributed by atoms with Crippen molar-refractivity contribution in [2.75, 3.05) is 39.3 Å². The summed E-state index contributed by atoms with van der Waals surface area (Å²) in [7, 11) is 0. The summed E-state index contributed by atoms with van der Waals surface area (Å²) in [5.74, 6) is 0.120. The predicted octanol–water partition coefficient (Wildman–Crippen LogP) is 1.95. The molecule has 142 valence electrons. The van der Waals surface area contributed by atoms with Crippen molar-refractivity contribution >= 4 is 27.7 Å². The number of carbonyl (C=O) groups excluding carboxylic acids is 2.